The monoisotopic (exact) mass is 395 g/mol. The molecular formula is C23H29N3O3. The number of hydrogen-bond acceptors (Lipinski definition) is 4. The van der Waals surface area contributed by atoms with Crippen LogP contribution in [0.3, 0.4) is 0 Å². The Morgan fingerprint density at radius 2 is 1.72 bits per heavy atom. The quantitative estimate of drug-likeness (QED) is 0.550. The largest absolute Gasteiger partial charge is 0.508 e. The van der Waals surface area contributed by atoms with Gasteiger partial charge in [0, 0.05) is 6.20 Å². The first kappa shape index (κ1) is 22.2. The molecule has 5 N–H and O–H groups in total. The van der Waals surface area contributed by atoms with Gasteiger partial charge in [0.25, 0.3) is 0 Å². The van der Waals surface area contributed by atoms with Crippen LogP contribution >= 0.6 is 0 Å². The number of allylic oxidation sites excluding steroid dienone is 1. The topological polar surface area (TPSA) is 104 Å². The number of hydrogen-bond donors (Lipinski definition) is 4. The molecule has 6 heteroatoms. The number of nitrogens with one attached hydrogen (secondary N) is 2. The highest BCUT2D eigenvalue weighted by atomic mass is 16.3. The molecule has 6 nitrogen and oxygen atoms in total. The van der Waals surface area contributed by atoms with E-state index in [1.165, 1.54) is 0 Å². The van der Waals surface area contributed by atoms with Crippen LogP contribution in [0.25, 0.3) is 0 Å². The Balaban J connectivity index is 1.83. The van der Waals surface area contributed by atoms with Gasteiger partial charge in [0.2, 0.25) is 11.8 Å². The van der Waals surface area contributed by atoms with Gasteiger partial charge in [-0.3, -0.25) is 9.59 Å². The second-order valence-corrected chi connectivity index (χ2v) is 7.20. The van der Waals surface area contributed by atoms with Crippen LogP contribution in [0, 0.1) is 13.8 Å². The molecule has 2 atom stereocenters. The van der Waals surface area contributed by atoms with E-state index in [9.17, 15) is 14.7 Å². The maximum Gasteiger partial charge on any atom is 0.246 e. The molecule has 0 saturated heterocycles. The number of nitrogens with two attached hydrogens (primary N) is 1. The van der Waals surface area contributed by atoms with Crippen molar-refractivity contribution in [2.75, 3.05) is 0 Å². The van der Waals surface area contributed by atoms with E-state index < -0.39 is 18.0 Å². The molecule has 0 aliphatic heterocycles. The average Bonchev–Trinajstić information content (AvgIpc) is 2.68. The summed E-state index contributed by atoms with van der Waals surface area (Å²) in [5.74, 6) is -0.521. The van der Waals surface area contributed by atoms with E-state index in [4.69, 9.17) is 5.73 Å². The predicted octanol–water partition coefficient (Wildman–Crippen LogP) is 2.26. The molecule has 0 fully saturated rings. The van der Waals surface area contributed by atoms with E-state index in [0.29, 0.717) is 12.8 Å². The zero-order valence-corrected chi connectivity index (χ0v) is 17.1. The maximum atomic E-state index is 12.4. The Morgan fingerprint density at radius 1 is 1.10 bits per heavy atom. The molecule has 0 saturated carbocycles. The fraction of sp³-hybridized carbons (Fsp3) is 0.304. The molecule has 0 aromatic heterocycles. The number of benzene rings is 2. The van der Waals surface area contributed by atoms with Crippen LogP contribution in [0.4, 0.5) is 0 Å². The molecule has 2 rings (SSSR count). The number of amides is 2. The summed E-state index contributed by atoms with van der Waals surface area (Å²) in [7, 11) is 0. The lowest BCUT2D eigenvalue weighted by Gasteiger charge is -2.18. The van der Waals surface area contributed by atoms with Crippen LogP contribution in [0.2, 0.25) is 0 Å². The third kappa shape index (κ3) is 6.76. The van der Waals surface area contributed by atoms with Crippen molar-refractivity contribution in [2.24, 2.45) is 5.73 Å². The average molecular weight is 396 g/mol. The summed E-state index contributed by atoms with van der Waals surface area (Å²) in [5.41, 5.74) is 9.86. The first-order chi connectivity index (χ1) is 13.8. The van der Waals surface area contributed by atoms with Crippen molar-refractivity contribution < 1.29 is 14.7 Å². The minimum Gasteiger partial charge on any atom is -0.508 e. The molecule has 0 radical (unpaired) electrons. The fourth-order valence-corrected chi connectivity index (χ4v) is 3.07. The molecule has 1 unspecified atom stereocenters. The molecule has 29 heavy (non-hydrogen) atoms. The number of phenols is 1. The molecule has 0 aliphatic rings. The Labute approximate surface area is 171 Å². The summed E-state index contributed by atoms with van der Waals surface area (Å²) in [6.45, 7) is 5.34. The minimum absolute atomic E-state index is 0.187. The van der Waals surface area contributed by atoms with Gasteiger partial charge in [-0.25, -0.2) is 0 Å². The SMILES string of the molecule is Cc1cc(O)cc(C)c1CC(N)C(=O)N[C@H](C)C(=O)N/C=C/Cc1ccccc1. The van der Waals surface area contributed by atoms with E-state index in [2.05, 4.69) is 10.6 Å². The Morgan fingerprint density at radius 3 is 2.34 bits per heavy atom. The molecule has 2 amide bonds. The van der Waals surface area contributed by atoms with Gasteiger partial charge in [0.05, 0.1) is 6.04 Å². The fourth-order valence-electron chi connectivity index (χ4n) is 3.07. The normalized spacial score (nSPS) is 13.1. The van der Waals surface area contributed by atoms with Crippen LogP contribution < -0.4 is 16.4 Å². The van der Waals surface area contributed by atoms with Gasteiger partial charge in [-0.1, -0.05) is 36.4 Å². The van der Waals surface area contributed by atoms with Gasteiger partial charge >= 0.3 is 0 Å². The van der Waals surface area contributed by atoms with Crippen LogP contribution in [-0.2, 0) is 22.4 Å². The van der Waals surface area contributed by atoms with Crippen LogP contribution in [-0.4, -0.2) is 29.0 Å². The number of aryl methyl sites for hydroxylation is 2. The molecule has 0 heterocycles. The lowest BCUT2D eigenvalue weighted by Crippen LogP contribution is -2.50. The highest BCUT2D eigenvalue weighted by Crippen LogP contribution is 2.21. The molecular weight excluding hydrogens is 366 g/mol. The lowest BCUT2D eigenvalue weighted by molar-refractivity contribution is -0.128. The molecule has 0 bridgehead atoms. The second-order valence-electron chi connectivity index (χ2n) is 7.20. The zero-order valence-electron chi connectivity index (χ0n) is 17.1. The van der Waals surface area contributed by atoms with Gasteiger partial charge in [-0.2, -0.15) is 0 Å². The van der Waals surface area contributed by atoms with E-state index in [-0.39, 0.29) is 11.7 Å². The number of aromatic hydroxyl groups is 1. The summed E-state index contributed by atoms with van der Waals surface area (Å²) >= 11 is 0. The van der Waals surface area contributed by atoms with Crippen LogP contribution in [0.5, 0.6) is 5.75 Å². The first-order valence-electron chi connectivity index (χ1n) is 9.62. The molecule has 2 aromatic rings. The van der Waals surface area contributed by atoms with Gasteiger partial charge in [0.1, 0.15) is 11.8 Å². The summed E-state index contributed by atoms with van der Waals surface area (Å²) in [6.07, 6.45) is 4.47. The van der Waals surface area contributed by atoms with E-state index in [1.54, 1.807) is 25.3 Å². The Kier molecular flexibility index (Phi) is 7.98. The number of carbonyl (C=O) groups is 2. The van der Waals surface area contributed by atoms with Crippen LogP contribution in [0.15, 0.2) is 54.7 Å². The van der Waals surface area contributed by atoms with Crippen molar-refractivity contribution in [1.29, 1.82) is 0 Å². The van der Waals surface area contributed by atoms with Crippen molar-refractivity contribution >= 4 is 11.8 Å². The highest BCUT2D eigenvalue weighted by Gasteiger charge is 2.21. The van der Waals surface area contributed by atoms with Crippen molar-refractivity contribution in [3.05, 3.63) is 77.0 Å². The second kappa shape index (κ2) is 10.4. The molecule has 2 aromatic carbocycles. The third-order valence-electron chi connectivity index (χ3n) is 4.73. The number of carbonyl (C=O) groups excluding carboxylic acids is 2. The maximum absolute atomic E-state index is 12.4. The van der Waals surface area contributed by atoms with Gasteiger partial charge in [-0.05, 0) is 68.0 Å². The van der Waals surface area contributed by atoms with Gasteiger partial charge in [-0.15, -0.1) is 0 Å². The summed E-state index contributed by atoms with van der Waals surface area (Å²) < 4.78 is 0. The third-order valence-corrected chi connectivity index (χ3v) is 4.73. The minimum atomic E-state index is -0.791. The zero-order chi connectivity index (χ0) is 21.4. The van der Waals surface area contributed by atoms with E-state index in [0.717, 1.165) is 22.3 Å². The van der Waals surface area contributed by atoms with Crippen LogP contribution in [0.1, 0.15) is 29.2 Å². The summed E-state index contributed by atoms with van der Waals surface area (Å²) in [5, 5.41) is 15.0. The standard InChI is InChI=1S/C23H29N3O3/c1-15-12-19(27)13-16(2)20(15)14-21(24)23(29)26-17(3)22(28)25-11-7-10-18-8-5-4-6-9-18/h4-9,11-13,17,21,27H,10,14,24H2,1-3H3,(H,25,28)(H,26,29)/b11-7+/t17-,21?/m1/s1. The molecule has 0 aliphatic carbocycles. The molecule has 154 valence electrons. The first-order valence-corrected chi connectivity index (χ1v) is 9.62. The van der Waals surface area contributed by atoms with E-state index in [1.807, 2.05) is 50.3 Å². The van der Waals surface area contributed by atoms with Gasteiger partial charge < -0.3 is 21.5 Å². The molecule has 0 spiro atoms. The Hall–Kier alpha value is -3.12. The van der Waals surface area contributed by atoms with Crippen molar-refractivity contribution in [3.63, 3.8) is 0 Å². The number of rotatable bonds is 8. The lowest BCUT2D eigenvalue weighted by atomic mass is 9.96. The van der Waals surface area contributed by atoms with Crippen molar-refractivity contribution in [3.8, 4) is 5.75 Å². The summed E-state index contributed by atoms with van der Waals surface area (Å²) in [4.78, 5) is 24.6. The Bertz CT molecular complexity index is 855. The van der Waals surface area contributed by atoms with Crippen molar-refractivity contribution in [2.45, 2.75) is 45.7 Å². The number of phenolic OH excluding ortho intramolecular Hbond substituents is 1. The van der Waals surface area contributed by atoms with Gasteiger partial charge in [0.15, 0.2) is 0 Å². The van der Waals surface area contributed by atoms with Crippen molar-refractivity contribution in [1.82, 2.24) is 10.6 Å². The summed E-state index contributed by atoms with van der Waals surface area (Å²) in [6, 6.07) is 11.7. The van der Waals surface area contributed by atoms with E-state index >= 15 is 0 Å². The predicted molar refractivity (Wildman–Crippen MR) is 114 cm³/mol. The smallest absolute Gasteiger partial charge is 0.246 e. The highest BCUT2D eigenvalue weighted by molar-refractivity contribution is 5.89.